The van der Waals surface area contributed by atoms with Crippen LogP contribution in [0.15, 0.2) is 42.0 Å². The van der Waals surface area contributed by atoms with Crippen LogP contribution in [0, 0.1) is 11.6 Å². The van der Waals surface area contributed by atoms with Crippen LogP contribution in [0.25, 0.3) is 16.8 Å². The van der Waals surface area contributed by atoms with Crippen molar-refractivity contribution in [3.63, 3.8) is 0 Å². The third kappa shape index (κ3) is 1.71. The molecule has 0 bridgehead atoms. The fourth-order valence-corrected chi connectivity index (χ4v) is 3.81. The minimum absolute atomic E-state index is 0.119. The maximum Gasteiger partial charge on any atom is 0.131 e. The highest BCUT2D eigenvalue weighted by atomic mass is 19.1. The summed E-state index contributed by atoms with van der Waals surface area (Å²) in [4.78, 5) is 0. The van der Waals surface area contributed by atoms with Crippen LogP contribution in [-0.2, 0) is 5.41 Å². The van der Waals surface area contributed by atoms with Gasteiger partial charge in [-0.1, -0.05) is 31.2 Å². The molecule has 2 aliphatic rings. The zero-order valence-electron chi connectivity index (χ0n) is 11.9. The first-order valence-corrected chi connectivity index (χ1v) is 7.40. The van der Waals surface area contributed by atoms with Gasteiger partial charge in [0.2, 0.25) is 0 Å². The molecule has 2 aromatic carbocycles. The van der Waals surface area contributed by atoms with E-state index in [1.165, 1.54) is 17.7 Å². The van der Waals surface area contributed by atoms with E-state index in [9.17, 15) is 8.78 Å². The molecule has 2 heteroatoms. The van der Waals surface area contributed by atoms with Gasteiger partial charge in [-0.05, 0) is 59.5 Å². The molecule has 0 heterocycles. The maximum absolute atomic E-state index is 14.5. The summed E-state index contributed by atoms with van der Waals surface area (Å²) in [5.41, 5.74) is 3.23. The number of fused-ring (bicyclic) bond motifs is 5. The Morgan fingerprint density at radius 3 is 2.76 bits per heavy atom. The quantitative estimate of drug-likeness (QED) is 0.597. The van der Waals surface area contributed by atoms with Crippen molar-refractivity contribution in [2.24, 2.45) is 0 Å². The van der Waals surface area contributed by atoms with Crippen LogP contribution in [0.3, 0.4) is 0 Å². The zero-order valence-corrected chi connectivity index (χ0v) is 11.9. The Bertz CT molecular complexity index is 814. The molecule has 2 aliphatic carbocycles. The Morgan fingerprint density at radius 2 is 1.90 bits per heavy atom. The number of benzene rings is 2. The lowest BCUT2D eigenvalue weighted by Crippen LogP contribution is -2.29. The molecule has 21 heavy (non-hydrogen) atoms. The first-order chi connectivity index (χ1) is 10.1. The third-order valence-corrected chi connectivity index (χ3v) is 5.00. The second kappa shape index (κ2) is 4.27. The Morgan fingerprint density at radius 1 is 1.05 bits per heavy atom. The summed E-state index contributed by atoms with van der Waals surface area (Å²) in [6, 6.07) is 6.00. The number of halogens is 2. The van der Waals surface area contributed by atoms with Gasteiger partial charge >= 0.3 is 0 Å². The number of hydrogen-bond donors (Lipinski definition) is 0. The molecular weight excluding hydrogens is 266 g/mol. The first-order valence-electron chi connectivity index (χ1n) is 7.40. The average molecular weight is 282 g/mol. The minimum Gasteiger partial charge on any atom is -0.207 e. The SMILES string of the molecule is CC12CCCC=C1C=Cc1c2cc(F)c2cc(F)ccc12. The average Bonchev–Trinajstić information content (AvgIpc) is 2.47. The van der Waals surface area contributed by atoms with Gasteiger partial charge in [0, 0.05) is 10.8 Å². The highest BCUT2D eigenvalue weighted by Crippen LogP contribution is 2.47. The molecule has 106 valence electrons. The van der Waals surface area contributed by atoms with E-state index in [1.807, 2.05) is 6.08 Å². The first kappa shape index (κ1) is 12.8. The van der Waals surface area contributed by atoms with Gasteiger partial charge in [0.15, 0.2) is 0 Å². The third-order valence-electron chi connectivity index (χ3n) is 5.00. The number of allylic oxidation sites excluding steroid dienone is 3. The summed E-state index contributed by atoms with van der Waals surface area (Å²) in [6.07, 6.45) is 9.69. The van der Waals surface area contributed by atoms with Crippen LogP contribution in [0.4, 0.5) is 8.78 Å². The van der Waals surface area contributed by atoms with E-state index in [-0.39, 0.29) is 11.2 Å². The van der Waals surface area contributed by atoms with E-state index >= 15 is 0 Å². The van der Waals surface area contributed by atoms with Gasteiger partial charge in [-0.2, -0.15) is 0 Å². The van der Waals surface area contributed by atoms with Gasteiger partial charge in [-0.3, -0.25) is 0 Å². The molecular formula is C19H16F2. The highest BCUT2D eigenvalue weighted by molar-refractivity contribution is 5.94. The molecule has 0 saturated carbocycles. The number of rotatable bonds is 0. The fourth-order valence-electron chi connectivity index (χ4n) is 3.81. The molecule has 0 saturated heterocycles. The molecule has 0 nitrogen and oxygen atoms in total. The molecule has 0 spiro atoms. The van der Waals surface area contributed by atoms with Gasteiger partial charge in [0.25, 0.3) is 0 Å². The van der Waals surface area contributed by atoms with Crippen molar-refractivity contribution in [2.75, 3.05) is 0 Å². The molecule has 0 fully saturated rings. The lowest BCUT2D eigenvalue weighted by Gasteiger charge is -2.39. The molecule has 0 aromatic heterocycles. The Balaban J connectivity index is 2.09. The van der Waals surface area contributed by atoms with Crippen molar-refractivity contribution in [1.29, 1.82) is 0 Å². The van der Waals surface area contributed by atoms with Crippen LogP contribution in [0.5, 0.6) is 0 Å². The Hall–Kier alpha value is -1.96. The normalized spacial score (nSPS) is 23.7. The summed E-state index contributed by atoms with van der Waals surface area (Å²) in [5.74, 6) is -0.727. The van der Waals surface area contributed by atoms with Crippen LogP contribution < -0.4 is 0 Å². The van der Waals surface area contributed by atoms with Crippen molar-refractivity contribution in [3.05, 3.63) is 64.8 Å². The van der Waals surface area contributed by atoms with Crippen LogP contribution in [-0.4, -0.2) is 0 Å². The van der Waals surface area contributed by atoms with E-state index in [0.717, 1.165) is 35.8 Å². The lowest BCUT2D eigenvalue weighted by atomic mass is 9.65. The molecule has 0 N–H and O–H groups in total. The molecule has 0 radical (unpaired) electrons. The van der Waals surface area contributed by atoms with Crippen molar-refractivity contribution in [3.8, 4) is 0 Å². The smallest absolute Gasteiger partial charge is 0.131 e. The second-order valence-electron chi connectivity index (χ2n) is 6.23. The van der Waals surface area contributed by atoms with Gasteiger partial charge in [-0.15, -0.1) is 0 Å². The van der Waals surface area contributed by atoms with Gasteiger partial charge in [-0.25, -0.2) is 8.78 Å². The standard InChI is InChI=1S/C19H16F2/c1-19-9-3-2-4-12(19)5-7-15-14-8-6-13(20)10-16(14)18(21)11-17(15)19/h4-8,10-11H,2-3,9H2,1H3. The molecule has 1 atom stereocenters. The van der Waals surface area contributed by atoms with E-state index < -0.39 is 5.82 Å². The number of hydrogen-bond acceptors (Lipinski definition) is 0. The summed E-state index contributed by atoms with van der Waals surface area (Å²) < 4.78 is 27.9. The van der Waals surface area contributed by atoms with E-state index in [0.29, 0.717) is 5.39 Å². The fraction of sp³-hybridized carbons (Fsp3) is 0.263. The zero-order chi connectivity index (χ0) is 14.6. The largest absolute Gasteiger partial charge is 0.207 e. The molecule has 4 rings (SSSR count). The molecule has 1 unspecified atom stereocenters. The summed E-state index contributed by atoms with van der Waals surface area (Å²) in [7, 11) is 0. The summed E-state index contributed by atoms with van der Waals surface area (Å²) in [6.45, 7) is 2.19. The lowest BCUT2D eigenvalue weighted by molar-refractivity contribution is 0.470. The Kier molecular flexibility index (Phi) is 2.59. The van der Waals surface area contributed by atoms with E-state index in [4.69, 9.17) is 0 Å². The Labute approximate surface area is 122 Å². The monoisotopic (exact) mass is 282 g/mol. The predicted octanol–water partition coefficient (Wildman–Crippen LogP) is 5.51. The van der Waals surface area contributed by atoms with Gasteiger partial charge in [0.05, 0.1) is 0 Å². The highest BCUT2D eigenvalue weighted by Gasteiger charge is 2.36. The van der Waals surface area contributed by atoms with E-state index in [1.54, 1.807) is 12.1 Å². The van der Waals surface area contributed by atoms with Crippen molar-refractivity contribution in [1.82, 2.24) is 0 Å². The van der Waals surface area contributed by atoms with Crippen molar-refractivity contribution in [2.45, 2.75) is 31.6 Å². The van der Waals surface area contributed by atoms with E-state index in [2.05, 4.69) is 19.1 Å². The second-order valence-corrected chi connectivity index (χ2v) is 6.23. The minimum atomic E-state index is -0.398. The molecule has 2 aromatic rings. The van der Waals surface area contributed by atoms with Gasteiger partial charge < -0.3 is 0 Å². The maximum atomic E-state index is 14.5. The molecule has 0 aliphatic heterocycles. The predicted molar refractivity (Wildman–Crippen MR) is 82.2 cm³/mol. The summed E-state index contributed by atoms with van der Waals surface area (Å²) >= 11 is 0. The van der Waals surface area contributed by atoms with Gasteiger partial charge in [0.1, 0.15) is 11.6 Å². The van der Waals surface area contributed by atoms with Crippen molar-refractivity contribution >= 4 is 16.8 Å². The van der Waals surface area contributed by atoms with Crippen LogP contribution >= 0.6 is 0 Å². The molecule has 0 amide bonds. The van der Waals surface area contributed by atoms with Crippen LogP contribution in [0.2, 0.25) is 0 Å². The van der Waals surface area contributed by atoms with Crippen molar-refractivity contribution < 1.29 is 8.78 Å². The van der Waals surface area contributed by atoms with Crippen LogP contribution in [0.1, 0.15) is 37.3 Å². The topological polar surface area (TPSA) is 0 Å². The summed E-state index contributed by atoms with van der Waals surface area (Å²) in [5, 5.41) is 1.17.